The predicted octanol–water partition coefficient (Wildman–Crippen LogP) is 6.87. The van der Waals surface area contributed by atoms with E-state index in [2.05, 4.69) is 67.8 Å². The normalized spacial score (nSPS) is 21.3. The summed E-state index contributed by atoms with van der Waals surface area (Å²) in [5.41, 5.74) is 2.67. The average Bonchev–Trinajstić information content (AvgIpc) is 3.13. The summed E-state index contributed by atoms with van der Waals surface area (Å²) < 4.78 is 6.48. The number of ether oxygens (including phenoxy) is 1. The van der Waals surface area contributed by atoms with Gasteiger partial charge in [-0.2, -0.15) is 0 Å². The molecule has 0 spiro atoms. The Bertz CT molecular complexity index is 1060. The molecule has 1 aromatic heterocycles. The van der Waals surface area contributed by atoms with E-state index in [-0.39, 0.29) is 11.3 Å². The minimum Gasteiger partial charge on any atom is -0.461 e. The fourth-order valence-electron chi connectivity index (χ4n) is 4.37. The first kappa shape index (κ1) is 16.2. The standard InChI is InChI=1S/C23H20OS2/c1-23(2)12-17-21(18(25)13-23)22(19-8-5-11-26-19)20-15-7-4-3-6-14(15)9-10-16(20)24-17/h3-11,22H,12-13H2,1-2H3. The van der Waals surface area contributed by atoms with Crippen LogP contribution in [0.3, 0.4) is 0 Å². The Labute approximate surface area is 163 Å². The summed E-state index contributed by atoms with van der Waals surface area (Å²) in [7, 11) is 0. The van der Waals surface area contributed by atoms with Gasteiger partial charge in [0.1, 0.15) is 11.5 Å². The maximum absolute atomic E-state index is 6.48. The van der Waals surface area contributed by atoms with E-state index in [0.717, 1.165) is 29.2 Å². The highest BCUT2D eigenvalue weighted by Crippen LogP contribution is 2.52. The minimum absolute atomic E-state index is 0.157. The fraction of sp³-hybridized carbons (Fsp3) is 0.261. The molecule has 0 saturated carbocycles. The van der Waals surface area contributed by atoms with Crippen LogP contribution in [0.2, 0.25) is 0 Å². The summed E-state index contributed by atoms with van der Waals surface area (Å²) in [4.78, 5) is 2.41. The van der Waals surface area contributed by atoms with E-state index >= 15 is 0 Å². The molecular formula is C23H20OS2. The van der Waals surface area contributed by atoms with E-state index in [4.69, 9.17) is 17.0 Å². The lowest BCUT2D eigenvalue weighted by atomic mass is 9.71. The molecule has 2 heterocycles. The molecule has 0 radical (unpaired) electrons. The third-order valence-corrected chi connectivity index (χ3v) is 6.75. The first-order chi connectivity index (χ1) is 12.5. The second-order valence-corrected chi connectivity index (χ2v) is 9.50. The number of rotatable bonds is 1. The van der Waals surface area contributed by atoms with Gasteiger partial charge in [-0.3, -0.25) is 0 Å². The van der Waals surface area contributed by atoms with Crippen LogP contribution < -0.4 is 4.74 Å². The summed E-state index contributed by atoms with van der Waals surface area (Å²) in [6, 6.07) is 17.3. The zero-order valence-corrected chi connectivity index (χ0v) is 16.5. The van der Waals surface area contributed by atoms with Gasteiger partial charge in [0.2, 0.25) is 0 Å². The van der Waals surface area contributed by atoms with Crippen molar-refractivity contribution in [3.63, 3.8) is 0 Å². The molecule has 1 nitrogen and oxygen atoms in total. The third kappa shape index (κ3) is 2.45. The second kappa shape index (κ2) is 5.77. The lowest BCUT2D eigenvalue weighted by Gasteiger charge is -2.39. The maximum Gasteiger partial charge on any atom is 0.131 e. The lowest BCUT2D eigenvalue weighted by molar-refractivity contribution is 0.281. The van der Waals surface area contributed by atoms with E-state index in [1.165, 1.54) is 26.8 Å². The van der Waals surface area contributed by atoms with Gasteiger partial charge in [0.15, 0.2) is 0 Å². The van der Waals surface area contributed by atoms with Gasteiger partial charge in [0.25, 0.3) is 0 Å². The second-order valence-electron chi connectivity index (χ2n) is 8.03. The number of allylic oxidation sites excluding steroid dienone is 2. The summed E-state index contributed by atoms with van der Waals surface area (Å²) in [6.45, 7) is 4.56. The zero-order valence-electron chi connectivity index (χ0n) is 14.9. The molecule has 3 heteroatoms. The molecule has 1 atom stereocenters. The third-order valence-electron chi connectivity index (χ3n) is 5.45. The van der Waals surface area contributed by atoms with Crippen molar-refractivity contribution in [2.75, 3.05) is 0 Å². The van der Waals surface area contributed by atoms with Crippen molar-refractivity contribution in [3.05, 3.63) is 75.7 Å². The molecule has 0 saturated heterocycles. The lowest BCUT2D eigenvalue weighted by Crippen LogP contribution is -2.32. The van der Waals surface area contributed by atoms with Crippen molar-refractivity contribution < 1.29 is 4.74 Å². The molecule has 130 valence electrons. The highest BCUT2D eigenvalue weighted by Gasteiger charge is 2.41. The first-order valence-electron chi connectivity index (χ1n) is 9.03. The Morgan fingerprint density at radius 3 is 2.69 bits per heavy atom. The van der Waals surface area contributed by atoms with Crippen LogP contribution in [0.1, 0.15) is 43.0 Å². The van der Waals surface area contributed by atoms with Crippen molar-refractivity contribution in [3.8, 4) is 5.75 Å². The SMILES string of the molecule is CC1(C)CC(=S)C2=C(C1)Oc1ccc3ccccc3c1C2c1cccs1. The van der Waals surface area contributed by atoms with Gasteiger partial charge in [-0.05, 0) is 40.1 Å². The van der Waals surface area contributed by atoms with Crippen LogP contribution in [0.25, 0.3) is 10.8 Å². The molecule has 2 aliphatic rings. The maximum atomic E-state index is 6.48. The summed E-state index contributed by atoms with van der Waals surface area (Å²) in [5, 5.41) is 4.68. The largest absolute Gasteiger partial charge is 0.461 e. The predicted molar refractivity (Wildman–Crippen MR) is 113 cm³/mol. The zero-order chi connectivity index (χ0) is 17.9. The molecule has 0 fully saturated rings. The van der Waals surface area contributed by atoms with Crippen molar-refractivity contribution in [1.82, 2.24) is 0 Å². The van der Waals surface area contributed by atoms with Gasteiger partial charge in [0.05, 0.1) is 5.92 Å². The Morgan fingerprint density at radius 1 is 1.04 bits per heavy atom. The summed E-state index contributed by atoms with van der Waals surface area (Å²) in [6.07, 6.45) is 1.89. The molecular weight excluding hydrogens is 356 g/mol. The Morgan fingerprint density at radius 2 is 1.88 bits per heavy atom. The van der Waals surface area contributed by atoms with Crippen LogP contribution in [-0.2, 0) is 0 Å². The molecule has 2 aromatic carbocycles. The smallest absolute Gasteiger partial charge is 0.131 e. The van der Waals surface area contributed by atoms with E-state index < -0.39 is 0 Å². The molecule has 0 bridgehead atoms. The van der Waals surface area contributed by atoms with Crippen LogP contribution in [0, 0.1) is 5.41 Å². The number of thiophene rings is 1. The van der Waals surface area contributed by atoms with Crippen molar-refractivity contribution >= 4 is 39.2 Å². The van der Waals surface area contributed by atoms with Crippen molar-refractivity contribution in [2.45, 2.75) is 32.6 Å². The number of fused-ring (bicyclic) bond motifs is 3. The summed E-state index contributed by atoms with van der Waals surface area (Å²) in [5.74, 6) is 2.25. The number of hydrogen-bond acceptors (Lipinski definition) is 3. The number of hydrogen-bond donors (Lipinski definition) is 0. The van der Waals surface area contributed by atoms with Gasteiger partial charge in [-0.25, -0.2) is 0 Å². The highest BCUT2D eigenvalue weighted by molar-refractivity contribution is 7.80. The Kier molecular flexibility index (Phi) is 3.60. The van der Waals surface area contributed by atoms with Gasteiger partial charge >= 0.3 is 0 Å². The highest BCUT2D eigenvalue weighted by atomic mass is 32.1. The molecule has 26 heavy (non-hydrogen) atoms. The van der Waals surface area contributed by atoms with E-state index in [1.807, 2.05) is 11.3 Å². The van der Waals surface area contributed by atoms with Crippen LogP contribution in [0.4, 0.5) is 0 Å². The molecule has 3 aromatic rings. The van der Waals surface area contributed by atoms with Gasteiger partial charge in [-0.15, -0.1) is 11.3 Å². The van der Waals surface area contributed by atoms with Crippen LogP contribution in [0.15, 0.2) is 65.2 Å². The van der Waals surface area contributed by atoms with E-state index in [9.17, 15) is 0 Å². The van der Waals surface area contributed by atoms with Crippen LogP contribution in [-0.4, -0.2) is 4.86 Å². The quantitative estimate of drug-likeness (QED) is 0.429. The number of benzene rings is 2. The van der Waals surface area contributed by atoms with Crippen LogP contribution >= 0.6 is 23.6 Å². The monoisotopic (exact) mass is 376 g/mol. The average molecular weight is 377 g/mol. The minimum atomic E-state index is 0.157. The molecule has 0 N–H and O–H groups in total. The Balaban J connectivity index is 1.82. The van der Waals surface area contributed by atoms with Crippen LogP contribution in [0.5, 0.6) is 5.75 Å². The molecule has 5 rings (SSSR count). The summed E-state index contributed by atoms with van der Waals surface area (Å²) >= 11 is 7.73. The first-order valence-corrected chi connectivity index (χ1v) is 10.3. The molecule has 1 aliphatic heterocycles. The van der Waals surface area contributed by atoms with Crippen molar-refractivity contribution in [1.29, 1.82) is 0 Å². The van der Waals surface area contributed by atoms with E-state index in [0.29, 0.717) is 0 Å². The number of thiocarbonyl (C=S) groups is 1. The van der Waals surface area contributed by atoms with Gasteiger partial charge in [0, 0.05) is 27.3 Å². The Hall–Kier alpha value is -1.97. The fourth-order valence-corrected chi connectivity index (χ4v) is 5.84. The van der Waals surface area contributed by atoms with E-state index in [1.54, 1.807) is 0 Å². The van der Waals surface area contributed by atoms with Crippen molar-refractivity contribution in [2.24, 2.45) is 5.41 Å². The van der Waals surface area contributed by atoms with Gasteiger partial charge in [-0.1, -0.05) is 62.5 Å². The van der Waals surface area contributed by atoms with Gasteiger partial charge < -0.3 is 4.74 Å². The topological polar surface area (TPSA) is 9.23 Å². The molecule has 0 amide bonds. The molecule has 1 unspecified atom stereocenters. The molecule has 1 aliphatic carbocycles.